The summed E-state index contributed by atoms with van der Waals surface area (Å²) < 4.78 is 8.69. The average Bonchev–Trinajstić information content (AvgIpc) is 3.44. The maximum atomic E-state index is 12.6. The zero-order chi connectivity index (χ0) is 26.4. The summed E-state index contributed by atoms with van der Waals surface area (Å²) in [4.78, 5) is 28.0. The van der Waals surface area contributed by atoms with Crippen LogP contribution in [0.2, 0.25) is 0 Å². The third-order valence-corrected chi connectivity index (χ3v) is 6.42. The molecule has 0 aliphatic carbocycles. The van der Waals surface area contributed by atoms with E-state index in [1.54, 1.807) is 41.1 Å². The van der Waals surface area contributed by atoms with E-state index in [9.17, 15) is 4.79 Å². The number of nitrogens with one attached hydrogen (secondary N) is 1. The number of anilines is 1. The van der Waals surface area contributed by atoms with Crippen molar-refractivity contribution in [1.82, 2.24) is 39.2 Å². The second kappa shape index (κ2) is 11.9. The van der Waals surface area contributed by atoms with Gasteiger partial charge in [0.15, 0.2) is 17.2 Å². The summed E-state index contributed by atoms with van der Waals surface area (Å²) >= 11 is 0. The van der Waals surface area contributed by atoms with E-state index < -0.39 is 0 Å². The molecule has 196 valence electrons. The van der Waals surface area contributed by atoms with Crippen LogP contribution in [-0.2, 0) is 18.3 Å². The van der Waals surface area contributed by atoms with Crippen LogP contribution in [0, 0.1) is 12.8 Å². The van der Waals surface area contributed by atoms with E-state index in [0.717, 1.165) is 17.1 Å². The fraction of sp³-hybridized carbons (Fsp3) is 0.462. The molecule has 1 aliphatic heterocycles. The number of fused-ring (bicyclic) bond motifs is 1. The zero-order valence-electron chi connectivity index (χ0n) is 22.2. The molecule has 11 heteroatoms. The second-order valence-electron chi connectivity index (χ2n) is 9.23. The highest BCUT2D eigenvalue weighted by molar-refractivity contribution is 5.91. The lowest BCUT2D eigenvalue weighted by molar-refractivity contribution is -0.119. The normalized spacial score (nSPS) is 14.0. The van der Waals surface area contributed by atoms with Crippen molar-refractivity contribution >= 4 is 17.4 Å². The molecule has 1 N–H and O–H groups in total. The van der Waals surface area contributed by atoms with Gasteiger partial charge in [-0.1, -0.05) is 13.8 Å². The Hall–Kier alpha value is -3.86. The topological polar surface area (TPSA) is 115 Å². The minimum Gasteiger partial charge on any atom is -0.493 e. The lowest BCUT2D eigenvalue weighted by atomic mass is 10.0. The molecule has 4 aromatic heterocycles. The van der Waals surface area contributed by atoms with Gasteiger partial charge in [0.2, 0.25) is 5.91 Å². The Labute approximate surface area is 216 Å². The number of hydrogen-bond acceptors (Lipinski definition) is 8. The molecule has 1 saturated heterocycles. The molecule has 0 saturated carbocycles. The summed E-state index contributed by atoms with van der Waals surface area (Å²) in [6, 6.07) is 3.68. The highest BCUT2D eigenvalue weighted by Crippen LogP contribution is 2.27. The van der Waals surface area contributed by atoms with Crippen LogP contribution in [0.25, 0.3) is 17.0 Å². The predicted molar refractivity (Wildman–Crippen MR) is 141 cm³/mol. The van der Waals surface area contributed by atoms with Crippen LogP contribution in [0.4, 0.5) is 5.82 Å². The number of methoxy groups -OCH3 is 1. The van der Waals surface area contributed by atoms with Crippen molar-refractivity contribution in [2.24, 2.45) is 13.0 Å². The largest absolute Gasteiger partial charge is 0.493 e. The Morgan fingerprint density at radius 2 is 1.95 bits per heavy atom. The van der Waals surface area contributed by atoms with E-state index in [4.69, 9.17) is 4.74 Å². The second-order valence-corrected chi connectivity index (χ2v) is 9.23. The molecule has 1 fully saturated rings. The Morgan fingerprint density at radius 1 is 1.19 bits per heavy atom. The first-order valence-corrected chi connectivity index (χ1v) is 12.6. The van der Waals surface area contributed by atoms with Gasteiger partial charge in [-0.3, -0.25) is 9.48 Å². The van der Waals surface area contributed by atoms with Gasteiger partial charge in [0.1, 0.15) is 17.2 Å². The number of rotatable bonds is 8. The molecule has 0 aromatic carbocycles. The lowest BCUT2D eigenvalue weighted by Gasteiger charge is -2.28. The molecular weight excluding hydrogens is 470 g/mol. The molecule has 1 unspecified atom stereocenters. The van der Waals surface area contributed by atoms with Gasteiger partial charge in [-0.05, 0) is 57.1 Å². The number of carbonyl (C=O) groups is 1. The molecule has 37 heavy (non-hydrogen) atoms. The van der Waals surface area contributed by atoms with Gasteiger partial charge in [0.25, 0.3) is 0 Å². The molecule has 5 rings (SSSR count). The van der Waals surface area contributed by atoms with Gasteiger partial charge >= 0.3 is 0 Å². The first kappa shape index (κ1) is 26.2. The van der Waals surface area contributed by atoms with Crippen LogP contribution in [0.3, 0.4) is 0 Å². The molecule has 0 spiro atoms. The van der Waals surface area contributed by atoms with Gasteiger partial charge < -0.3 is 15.0 Å². The number of imidazole rings is 1. The Bertz CT molecular complexity index is 1320. The lowest BCUT2D eigenvalue weighted by Crippen LogP contribution is -2.36. The number of likely N-dealkylation sites (tertiary alicyclic amines) is 1. The van der Waals surface area contributed by atoms with E-state index in [0.29, 0.717) is 35.8 Å². The van der Waals surface area contributed by atoms with Gasteiger partial charge in [0.05, 0.1) is 19.5 Å². The number of hydrogen-bond donors (Lipinski definition) is 1. The fourth-order valence-electron chi connectivity index (χ4n) is 3.90. The average molecular weight is 506 g/mol. The summed E-state index contributed by atoms with van der Waals surface area (Å²) in [7, 11) is 3.42. The molecule has 11 nitrogen and oxygen atoms in total. The summed E-state index contributed by atoms with van der Waals surface area (Å²) in [6.07, 6.45) is 9.60. The zero-order valence-corrected chi connectivity index (χ0v) is 22.2. The van der Waals surface area contributed by atoms with Crippen LogP contribution in [0.5, 0.6) is 5.75 Å². The van der Waals surface area contributed by atoms with Crippen molar-refractivity contribution in [3.05, 3.63) is 48.3 Å². The van der Waals surface area contributed by atoms with E-state index in [1.807, 2.05) is 33.0 Å². The summed E-state index contributed by atoms with van der Waals surface area (Å²) in [6.45, 7) is 9.97. The molecule has 0 radical (unpaired) electrons. The van der Waals surface area contributed by atoms with Gasteiger partial charge in [-0.2, -0.15) is 10.2 Å². The van der Waals surface area contributed by atoms with E-state index in [1.165, 1.54) is 26.1 Å². The number of aryl methyl sites for hydroxylation is 3. The summed E-state index contributed by atoms with van der Waals surface area (Å²) in [5.41, 5.74) is 3.09. The number of nitrogens with zero attached hydrogens (tertiary/aromatic N) is 8. The molecule has 1 aliphatic rings. The quantitative estimate of drug-likeness (QED) is 0.388. The first-order chi connectivity index (χ1) is 17.9. The maximum Gasteiger partial charge on any atom is 0.228 e. The van der Waals surface area contributed by atoms with E-state index in [2.05, 4.69) is 42.3 Å². The van der Waals surface area contributed by atoms with E-state index in [-0.39, 0.29) is 11.8 Å². The van der Waals surface area contributed by atoms with Crippen LogP contribution < -0.4 is 10.1 Å². The number of ether oxygens (including phenoxy) is 1. The van der Waals surface area contributed by atoms with Crippen LogP contribution in [0.1, 0.15) is 38.1 Å². The molecule has 1 amide bonds. The third kappa shape index (κ3) is 6.48. The number of carbonyl (C=O) groups excluding carboxylic acids is 1. The van der Waals surface area contributed by atoms with Crippen molar-refractivity contribution in [3.63, 3.8) is 0 Å². The van der Waals surface area contributed by atoms with Gasteiger partial charge in [-0.15, -0.1) is 0 Å². The minimum atomic E-state index is -0.211. The molecular formula is C26H35N9O2. The minimum absolute atomic E-state index is 0.107. The smallest absolute Gasteiger partial charge is 0.228 e. The van der Waals surface area contributed by atoms with Crippen molar-refractivity contribution in [2.45, 2.75) is 40.0 Å². The third-order valence-electron chi connectivity index (χ3n) is 6.42. The maximum absolute atomic E-state index is 12.6. The molecule has 1 atom stereocenters. The monoisotopic (exact) mass is 505 g/mol. The number of aromatic nitrogens is 7. The molecule has 4 aromatic rings. The highest BCUT2D eigenvalue weighted by atomic mass is 16.5. The van der Waals surface area contributed by atoms with Gasteiger partial charge in [-0.25, -0.2) is 19.5 Å². The van der Waals surface area contributed by atoms with Gasteiger partial charge in [0, 0.05) is 31.8 Å². The Balaban J connectivity index is 0.000000469. The standard InChI is InChI=1S/C21H24N8O2.C5H11N/c1-13-9-22-17(23-10-13)7-5-14(2)21(30)26-18-12-29-19(25-18)8-6-15(27-29)20-16(31-4)11-24-28(20)3;1-2-6-4-3-5-6/h6,8-12,14H,5,7H2,1-4H3,(H,26,30);2-5H2,1H3. The summed E-state index contributed by atoms with van der Waals surface area (Å²) in [5.74, 6) is 1.50. The Morgan fingerprint density at radius 3 is 2.57 bits per heavy atom. The SMILES string of the molecule is CCN1CCC1.COc1cnn(C)c1-c1ccc2nc(NC(=O)C(C)CCc3ncc(C)cn3)cn2n1. The van der Waals surface area contributed by atoms with Crippen molar-refractivity contribution in [3.8, 4) is 17.1 Å². The van der Waals surface area contributed by atoms with Crippen LogP contribution in [-0.4, -0.2) is 71.9 Å². The van der Waals surface area contributed by atoms with Crippen molar-refractivity contribution in [1.29, 1.82) is 0 Å². The molecule has 0 bridgehead atoms. The fourth-order valence-corrected chi connectivity index (χ4v) is 3.90. The van der Waals surface area contributed by atoms with Crippen LogP contribution >= 0.6 is 0 Å². The summed E-state index contributed by atoms with van der Waals surface area (Å²) in [5, 5.41) is 11.7. The predicted octanol–water partition coefficient (Wildman–Crippen LogP) is 3.16. The van der Waals surface area contributed by atoms with E-state index >= 15 is 0 Å². The van der Waals surface area contributed by atoms with Crippen molar-refractivity contribution < 1.29 is 9.53 Å². The molecule has 5 heterocycles. The van der Waals surface area contributed by atoms with Crippen molar-refractivity contribution in [2.75, 3.05) is 32.1 Å². The van der Waals surface area contributed by atoms with Crippen LogP contribution in [0.15, 0.2) is 36.9 Å². The highest BCUT2D eigenvalue weighted by Gasteiger charge is 2.17. The Kier molecular flexibility index (Phi) is 8.44. The first-order valence-electron chi connectivity index (χ1n) is 12.6. The number of amides is 1.